The van der Waals surface area contributed by atoms with E-state index >= 15 is 0 Å². The molecule has 2 aromatic rings. The summed E-state index contributed by atoms with van der Waals surface area (Å²) in [6.45, 7) is 5.22. The van der Waals surface area contributed by atoms with Crippen LogP contribution in [0.15, 0.2) is 30.6 Å². The molecule has 6 nitrogen and oxygen atoms in total. The lowest BCUT2D eigenvalue weighted by Gasteiger charge is -2.27. The summed E-state index contributed by atoms with van der Waals surface area (Å²) in [6, 6.07) is 5.68. The van der Waals surface area contributed by atoms with Gasteiger partial charge >= 0.3 is 0 Å². The second kappa shape index (κ2) is 6.05. The van der Waals surface area contributed by atoms with Crippen molar-refractivity contribution < 1.29 is 4.79 Å². The maximum Gasteiger partial charge on any atom is 0.257 e. The fourth-order valence-electron chi connectivity index (χ4n) is 2.61. The number of piperazine rings is 1. The highest BCUT2D eigenvalue weighted by molar-refractivity contribution is 5.95. The molecular formula is C15H19N5O. The minimum Gasteiger partial charge on any atom is -0.336 e. The number of nitrogens with one attached hydrogen (secondary N) is 1. The lowest BCUT2D eigenvalue weighted by molar-refractivity contribution is 0.0734. The van der Waals surface area contributed by atoms with Crippen LogP contribution in [0.2, 0.25) is 0 Å². The molecule has 0 saturated carbocycles. The zero-order valence-corrected chi connectivity index (χ0v) is 12.1. The van der Waals surface area contributed by atoms with E-state index in [0.29, 0.717) is 5.56 Å². The van der Waals surface area contributed by atoms with Crippen molar-refractivity contribution in [2.24, 2.45) is 0 Å². The van der Waals surface area contributed by atoms with Gasteiger partial charge in [0, 0.05) is 32.4 Å². The molecule has 1 fully saturated rings. The second-order valence-electron chi connectivity index (χ2n) is 5.00. The highest BCUT2D eigenvalue weighted by Gasteiger charge is 2.23. The number of hydrogen-bond acceptors (Lipinski definition) is 4. The van der Waals surface area contributed by atoms with E-state index in [0.717, 1.165) is 44.1 Å². The first kappa shape index (κ1) is 13.8. The Labute approximate surface area is 123 Å². The van der Waals surface area contributed by atoms with Gasteiger partial charge in [0.2, 0.25) is 0 Å². The minimum atomic E-state index is 0.0653. The van der Waals surface area contributed by atoms with Crippen molar-refractivity contribution >= 4 is 5.91 Å². The van der Waals surface area contributed by atoms with Crippen LogP contribution in [0.4, 0.5) is 0 Å². The van der Waals surface area contributed by atoms with Gasteiger partial charge in [-0.3, -0.25) is 4.79 Å². The molecule has 3 rings (SSSR count). The van der Waals surface area contributed by atoms with E-state index < -0.39 is 0 Å². The van der Waals surface area contributed by atoms with Crippen LogP contribution in [0, 0.1) is 0 Å². The second-order valence-corrected chi connectivity index (χ2v) is 5.00. The highest BCUT2D eigenvalue weighted by atomic mass is 16.2. The first-order chi connectivity index (χ1) is 10.3. The smallest absolute Gasteiger partial charge is 0.257 e. The third-order valence-corrected chi connectivity index (χ3v) is 3.70. The van der Waals surface area contributed by atoms with E-state index in [4.69, 9.17) is 0 Å². The van der Waals surface area contributed by atoms with Crippen LogP contribution in [0.1, 0.15) is 23.0 Å². The van der Waals surface area contributed by atoms with Crippen LogP contribution in [0.5, 0.6) is 0 Å². The molecular weight excluding hydrogens is 266 g/mol. The molecule has 110 valence electrons. The summed E-state index contributed by atoms with van der Waals surface area (Å²) in [6.07, 6.45) is 4.13. The number of nitrogens with zero attached hydrogens (tertiary/aromatic N) is 4. The summed E-state index contributed by atoms with van der Waals surface area (Å²) < 4.78 is 1.76. The summed E-state index contributed by atoms with van der Waals surface area (Å²) in [5.41, 5.74) is 1.60. The number of rotatable bonds is 3. The molecule has 1 aliphatic heterocycles. The molecule has 0 aliphatic carbocycles. The quantitative estimate of drug-likeness (QED) is 0.909. The Hall–Kier alpha value is -2.21. The van der Waals surface area contributed by atoms with Crippen molar-refractivity contribution in [3.05, 3.63) is 41.9 Å². The van der Waals surface area contributed by atoms with Crippen LogP contribution in [-0.4, -0.2) is 51.8 Å². The minimum absolute atomic E-state index is 0.0653. The molecule has 0 spiro atoms. The van der Waals surface area contributed by atoms with Crippen molar-refractivity contribution in [2.75, 3.05) is 26.2 Å². The zero-order chi connectivity index (χ0) is 14.7. The van der Waals surface area contributed by atoms with Gasteiger partial charge in [-0.15, -0.1) is 0 Å². The number of hydrogen-bond donors (Lipinski definition) is 1. The van der Waals surface area contributed by atoms with E-state index in [1.54, 1.807) is 17.1 Å². The zero-order valence-electron chi connectivity index (χ0n) is 12.1. The van der Waals surface area contributed by atoms with Gasteiger partial charge in [-0.25, -0.2) is 9.67 Å². The van der Waals surface area contributed by atoms with E-state index in [-0.39, 0.29) is 5.91 Å². The third-order valence-electron chi connectivity index (χ3n) is 3.70. The van der Waals surface area contributed by atoms with Gasteiger partial charge in [-0.1, -0.05) is 13.0 Å². The third kappa shape index (κ3) is 2.67. The van der Waals surface area contributed by atoms with Gasteiger partial charge in [0.15, 0.2) is 5.82 Å². The van der Waals surface area contributed by atoms with E-state index in [2.05, 4.69) is 15.4 Å². The predicted molar refractivity (Wildman–Crippen MR) is 79.5 cm³/mol. The van der Waals surface area contributed by atoms with Crippen molar-refractivity contribution in [3.8, 4) is 5.82 Å². The van der Waals surface area contributed by atoms with Crippen LogP contribution in [0.25, 0.3) is 5.82 Å². The molecule has 1 saturated heterocycles. The molecule has 6 heteroatoms. The monoisotopic (exact) mass is 285 g/mol. The fourth-order valence-corrected chi connectivity index (χ4v) is 2.61. The molecule has 1 N–H and O–H groups in total. The molecule has 0 bridgehead atoms. The SMILES string of the molecule is CCc1c(C(=O)N2CCNCC2)cnn1-c1ccccn1. The van der Waals surface area contributed by atoms with Gasteiger partial charge in [-0.05, 0) is 18.6 Å². The summed E-state index contributed by atoms with van der Waals surface area (Å²) in [5.74, 6) is 0.809. The number of carbonyl (C=O) groups excluding carboxylic acids is 1. The maximum absolute atomic E-state index is 12.6. The lowest BCUT2D eigenvalue weighted by atomic mass is 10.1. The Morgan fingerprint density at radius 1 is 1.33 bits per heavy atom. The summed E-state index contributed by atoms with van der Waals surface area (Å²) in [7, 11) is 0. The summed E-state index contributed by atoms with van der Waals surface area (Å²) in [4.78, 5) is 18.8. The van der Waals surface area contributed by atoms with Crippen LogP contribution >= 0.6 is 0 Å². The standard InChI is InChI=1S/C15H19N5O/c1-2-13-12(15(21)19-9-7-16-8-10-19)11-18-20(13)14-5-3-4-6-17-14/h3-6,11,16H,2,7-10H2,1H3. The van der Waals surface area contributed by atoms with Crippen molar-refractivity contribution in [2.45, 2.75) is 13.3 Å². The molecule has 2 aromatic heterocycles. The van der Waals surface area contributed by atoms with Gasteiger partial charge in [0.1, 0.15) is 0 Å². The predicted octanol–water partition coefficient (Wildman–Crippen LogP) is 0.875. The highest BCUT2D eigenvalue weighted by Crippen LogP contribution is 2.16. The maximum atomic E-state index is 12.6. The Kier molecular flexibility index (Phi) is 3.96. The molecule has 1 aliphatic rings. The van der Waals surface area contributed by atoms with Gasteiger partial charge in [-0.2, -0.15) is 5.10 Å². The Morgan fingerprint density at radius 3 is 2.81 bits per heavy atom. The van der Waals surface area contributed by atoms with Crippen LogP contribution < -0.4 is 5.32 Å². The molecule has 0 aromatic carbocycles. The molecule has 0 radical (unpaired) electrons. The molecule has 1 amide bonds. The van der Waals surface area contributed by atoms with Crippen molar-refractivity contribution in [1.82, 2.24) is 25.0 Å². The van der Waals surface area contributed by atoms with Crippen LogP contribution in [0.3, 0.4) is 0 Å². The Balaban J connectivity index is 1.93. The van der Waals surface area contributed by atoms with E-state index in [9.17, 15) is 4.79 Å². The summed E-state index contributed by atoms with van der Waals surface area (Å²) in [5, 5.41) is 7.62. The van der Waals surface area contributed by atoms with Crippen LogP contribution in [-0.2, 0) is 6.42 Å². The average molecular weight is 285 g/mol. The Bertz CT molecular complexity index is 616. The fraction of sp³-hybridized carbons (Fsp3) is 0.400. The number of amides is 1. The lowest BCUT2D eigenvalue weighted by Crippen LogP contribution is -2.46. The average Bonchev–Trinajstić information content (AvgIpc) is 2.99. The Morgan fingerprint density at radius 2 is 2.14 bits per heavy atom. The van der Waals surface area contributed by atoms with E-state index in [1.807, 2.05) is 30.0 Å². The normalized spacial score (nSPS) is 15.2. The molecule has 3 heterocycles. The molecule has 21 heavy (non-hydrogen) atoms. The van der Waals surface area contributed by atoms with Gasteiger partial charge < -0.3 is 10.2 Å². The molecule has 0 atom stereocenters. The molecule has 0 unspecified atom stereocenters. The number of aromatic nitrogens is 3. The topological polar surface area (TPSA) is 63.1 Å². The summed E-state index contributed by atoms with van der Waals surface area (Å²) >= 11 is 0. The van der Waals surface area contributed by atoms with Gasteiger partial charge in [0.05, 0.1) is 17.5 Å². The first-order valence-corrected chi connectivity index (χ1v) is 7.29. The van der Waals surface area contributed by atoms with Crippen molar-refractivity contribution in [1.29, 1.82) is 0 Å². The van der Waals surface area contributed by atoms with Gasteiger partial charge in [0.25, 0.3) is 5.91 Å². The number of carbonyl (C=O) groups is 1. The van der Waals surface area contributed by atoms with Crippen molar-refractivity contribution in [3.63, 3.8) is 0 Å². The number of pyridine rings is 1. The van der Waals surface area contributed by atoms with E-state index in [1.165, 1.54) is 0 Å². The first-order valence-electron chi connectivity index (χ1n) is 7.29. The largest absolute Gasteiger partial charge is 0.336 e.